The molecule has 9 heteroatoms. The van der Waals surface area contributed by atoms with Crippen molar-refractivity contribution in [3.05, 3.63) is 36.0 Å². The lowest BCUT2D eigenvalue weighted by Gasteiger charge is -2.17. The van der Waals surface area contributed by atoms with E-state index < -0.39 is 17.6 Å². The maximum absolute atomic E-state index is 12.8. The van der Waals surface area contributed by atoms with E-state index in [1.165, 1.54) is 12.3 Å². The number of pyridine rings is 1. The molecule has 0 spiro atoms. The highest BCUT2D eigenvalue weighted by atomic mass is 127. The number of aliphatic imine (C=N–C) groups is 1. The standard InChI is InChI=1S/C16H21F3N4O.HI/c1-2-20-15(23-12-6-3-4-7-12)22-10-11-24-14-13(16(17,18)19)8-5-9-21-14;/h3-5,8-9,12H,2,6-7,10-11H2,1H3,(H2,20,22,23);1H. The van der Waals surface area contributed by atoms with Crippen molar-refractivity contribution in [3.8, 4) is 5.88 Å². The highest BCUT2D eigenvalue weighted by Crippen LogP contribution is 2.34. The van der Waals surface area contributed by atoms with Crippen molar-refractivity contribution in [2.45, 2.75) is 32.0 Å². The van der Waals surface area contributed by atoms with Crippen molar-refractivity contribution in [2.24, 2.45) is 4.99 Å². The minimum absolute atomic E-state index is 0. The molecule has 2 rings (SSSR count). The first-order valence-corrected chi connectivity index (χ1v) is 7.85. The molecule has 1 aliphatic rings. The summed E-state index contributed by atoms with van der Waals surface area (Å²) in [6.45, 7) is 2.89. The van der Waals surface area contributed by atoms with Crippen LogP contribution < -0.4 is 15.4 Å². The molecule has 1 heterocycles. The van der Waals surface area contributed by atoms with E-state index in [1.807, 2.05) is 6.92 Å². The first kappa shape index (κ1) is 21.5. The second-order valence-corrected chi connectivity index (χ2v) is 5.25. The molecule has 0 bridgehead atoms. The van der Waals surface area contributed by atoms with Crippen LogP contribution in [-0.2, 0) is 6.18 Å². The van der Waals surface area contributed by atoms with E-state index in [9.17, 15) is 13.2 Å². The summed E-state index contributed by atoms with van der Waals surface area (Å²) in [4.78, 5) is 7.97. The van der Waals surface area contributed by atoms with E-state index in [1.54, 1.807) is 0 Å². The number of hydrogen-bond acceptors (Lipinski definition) is 3. The first-order chi connectivity index (χ1) is 11.5. The molecular weight excluding hydrogens is 448 g/mol. The number of alkyl halides is 3. The molecule has 5 nitrogen and oxygen atoms in total. The van der Waals surface area contributed by atoms with Crippen LogP contribution >= 0.6 is 24.0 Å². The van der Waals surface area contributed by atoms with Crippen molar-refractivity contribution < 1.29 is 17.9 Å². The zero-order valence-corrected chi connectivity index (χ0v) is 16.2. The SMILES string of the molecule is CCNC(=NCCOc1ncccc1C(F)(F)F)NC1CC=CC1.I. The van der Waals surface area contributed by atoms with E-state index >= 15 is 0 Å². The summed E-state index contributed by atoms with van der Waals surface area (Å²) >= 11 is 0. The Morgan fingerprint density at radius 1 is 1.36 bits per heavy atom. The third-order valence-corrected chi connectivity index (χ3v) is 3.37. The highest BCUT2D eigenvalue weighted by molar-refractivity contribution is 14.0. The monoisotopic (exact) mass is 470 g/mol. The topological polar surface area (TPSA) is 58.5 Å². The number of guanidine groups is 1. The van der Waals surface area contributed by atoms with Crippen molar-refractivity contribution in [1.82, 2.24) is 15.6 Å². The fourth-order valence-corrected chi connectivity index (χ4v) is 2.27. The molecule has 1 aromatic rings. The molecule has 0 radical (unpaired) electrons. The first-order valence-electron chi connectivity index (χ1n) is 7.85. The molecule has 0 aromatic carbocycles. The molecule has 0 atom stereocenters. The molecule has 1 aromatic heterocycles. The zero-order chi connectivity index (χ0) is 17.4. The maximum atomic E-state index is 12.8. The summed E-state index contributed by atoms with van der Waals surface area (Å²) in [5.41, 5.74) is -0.879. The Bertz CT molecular complexity index is 585. The van der Waals surface area contributed by atoms with Crippen molar-refractivity contribution in [1.29, 1.82) is 0 Å². The van der Waals surface area contributed by atoms with Gasteiger partial charge in [-0.05, 0) is 31.9 Å². The molecule has 0 fully saturated rings. The molecule has 2 N–H and O–H groups in total. The van der Waals surface area contributed by atoms with Crippen LogP contribution in [0.1, 0.15) is 25.3 Å². The van der Waals surface area contributed by atoms with E-state index in [0.717, 1.165) is 18.9 Å². The molecule has 140 valence electrons. The van der Waals surface area contributed by atoms with Crippen molar-refractivity contribution in [2.75, 3.05) is 19.7 Å². The number of nitrogens with zero attached hydrogens (tertiary/aromatic N) is 2. The fraction of sp³-hybridized carbons (Fsp3) is 0.500. The second kappa shape index (κ2) is 10.5. The van der Waals surface area contributed by atoms with Crippen LogP contribution in [0.2, 0.25) is 0 Å². The van der Waals surface area contributed by atoms with Gasteiger partial charge in [0.05, 0.1) is 6.54 Å². The summed E-state index contributed by atoms with van der Waals surface area (Å²) in [7, 11) is 0. The Balaban J connectivity index is 0.00000312. The van der Waals surface area contributed by atoms with E-state index in [-0.39, 0.29) is 37.1 Å². The number of halogens is 4. The Labute approximate surface area is 162 Å². The number of rotatable bonds is 6. The Morgan fingerprint density at radius 3 is 2.72 bits per heavy atom. The third-order valence-electron chi connectivity index (χ3n) is 3.37. The molecule has 0 saturated heterocycles. The van der Waals surface area contributed by atoms with Gasteiger partial charge in [-0.2, -0.15) is 13.2 Å². The van der Waals surface area contributed by atoms with Gasteiger partial charge in [0.25, 0.3) is 0 Å². The lowest BCUT2D eigenvalue weighted by Crippen LogP contribution is -2.42. The van der Waals surface area contributed by atoms with E-state index in [4.69, 9.17) is 4.74 Å². The Kier molecular flexibility index (Phi) is 9.01. The molecular formula is C16H22F3IN4O. The summed E-state index contributed by atoms with van der Waals surface area (Å²) in [6, 6.07) is 2.48. The van der Waals surface area contributed by atoms with Crippen LogP contribution in [0.25, 0.3) is 0 Å². The minimum Gasteiger partial charge on any atom is -0.475 e. The average Bonchev–Trinajstić information content (AvgIpc) is 3.04. The van der Waals surface area contributed by atoms with Gasteiger partial charge in [-0.15, -0.1) is 24.0 Å². The van der Waals surface area contributed by atoms with Crippen LogP contribution in [0.15, 0.2) is 35.5 Å². The van der Waals surface area contributed by atoms with Crippen molar-refractivity contribution >= 4 is 29.9 Å². The van der Waals surface area contributed by atoms with E-state index in [2.05, 4.69) is 32.8 Å². The smallest absolute Gasteiger partial charge is 0.421 e. The molecule has 1 aliphatic carbocycles. The summed E-state index contributed by atoms with van der Waals surface area (Å²) < 4.78 is 43.7. The van der Waals surface area contributed by atoms with Crippen LogP contribution in [0.4, 0.5) is 13.2 Å². The molecule has 25 heavy (non-hydrogen) atoms. The minimum atomic E-state index is -4.49. The highest BCUT2D eigenvalue weighted by Gasteiger charge is 2.34. The van der Waals surface area contributed by atoms with Gasteiger partial charge < -0.3 is 15.4 Å². The number of aromatic nitrogens is 1. The largest absolute Gasteiger partial charge is 0.475 e. The lowest BCUT2D eigenvalue weighted by molar-refractivity contribution is -0.139. The maximum Gasteiger partial charge on any atom is 0.421 e. The predicted molar refractivity (Wildman–Crippen MR) is 101 cm³/mol. The van der Waals surface area contributed by atoms with Gasteiger partial charge in [0.1, 0.15) is 12.2 Å². The number of nitrogens with one attached hydrogen (secondary N) is 2. The summed E-state index contributed by atoms with van der Waals surface area (Å²) in [5.74, 6) is 0.213. The van der Waals surface area contributed by atoms with Crippen LogP contribution in [0.3, 0.4) is 0 Å². The zero-order valence-electron chi connectivity index (χ0n) is 13.8. The number of hydrogen-bond donors (Lipinski definition) is 2. The van der Waals surface area contributed by atoms with Gasteiger partial charge in [-0.25, -0.2) is 9.98 Å². The fourth-order valence-electron chi connectivity index (χ4n) is 2.27. The van der Waals surface area contributed by atoms with Crippen molar-refractivity contribution in [3.63, 3.8) is 0 Å². The van der Waals surface area contributed by atoms with Gasteiger partial charge in [-0.3, -0.25) is 0 Å². The van der Waals surface area contributed by atoms with Crippen LogP contribution in [0.5, 0.6) is 5.88 Å². The molecule has 0 amide bonds. The quantitative estimate of drug-likeness (QED) is 0.220. The second-order valence-electron chi connectivity index (χ2n) is 5.25. The van der Waals surface area contributed by atoms with Gasteiger partial charge in [0, 0.05) is 18.8 Å². The Hall–Kier alpha value is -1.52. The normalized spacial score (nSPS) is 15.0. The Morgan fingerprint density at radius 2 is 2.08 bits per heavy atom. The van der Waals surface area contributed by atoms with Crippen LogP contribution in [0, 0.1) is 0 Å². The molecule has 0 aliphatic heterocycles. The van der Waals surface area contributed by atoms with Gasteiger partial charge >= 0.3 is 6.18 Å². The summed E-state index contributed by atoms with van der Waals surface area (Å²) in [6.07, 6.45) is 2.85. The molecule has 0 unspecified atom stereocenters. The van der Waals surface area contributed by atoms with Gasteiger partial charge in [0.2, 0.25) is 5.88 Å². The summed E-state index contributed by atoms with van der Waals surface area (Å²) in [5, 5.41) is 6.38. The predicted octanol–water partition coefficient (Wildman–Crippen LogP) is 3.37. The number of ether oxygens (including phenoxy) is 1. The average molecular weight is 470 g/mol. The lowest BCUT2D eigenvalue weighted by atomic mass is 10.2. The molecule has 0 saturated carbocycles. The third kappa shape index (κ3) is 7.09. The van der Waals surface area contributed by atoms with Gasteiger partial charge in [0.15, 0.2) is 5.96 Å². The van der Waals surface area contributed by atoms with Gasteiger partial charge in [-0.1, -0.05) is 12.2 Å². The van der Waals surface area contributed by atoms with E-state index in [0.29, 0.717) is 18.5 Å². The van der Waals surface area contributed by atoms with Crippen LogP contribution in [-0.4, -0.2) is 36.7 Å².